The lowest BCUT2D eigenvalue weighted by Crippen LogP contribution is -2.37. The molecular formula is C13H15N3O4. The third-order valence-electron chi connectivity index (χ3n) is 2.46. The molecule has 7 nitrogen and oxygen atoms in total. The van der Waals surface area contributed by atoms with Gasteiger partial charge in [-0.3, -0.25) is 4.79 Å². The molecule has 0 saturated heterocycles. The maximum Gasteiger partial charge on any atom is 0.319 e. The van der Waals surface area contributed by atoms with Crippen LogP contribution in [0.5, 0.6) is 5.75 Å². The third kappa shape index (κ3) is 4.17. The summed E-state index contributed by atoms with van der Waals surface area (Å²) in [4.78, 5) is 22.3. The molecule has 0 aliphatic carbocycles. The van der Waals surface area contributed by atoms with Gasteiger partial charge in [0.1, 0.15) is 17.5 Å². The Morgan fingerprint density at radius 3 is 2.75 bits per heavy atom. The first kappa shape index (κ1) is 15.3. The summed E-state index contributed by atoms with van der Waals surface area (Å²) in [5, 5.41) is 22.6. The molecule has 1 rings (SSSR count). The average Bonchev–Trinajstić information content (AvgIpc) is 2.37. The summed E-state index contributed by atoms with van der Waals surface area (Å²) in [6.07, 6.45) is -0.190. The number of carboxylic acids is 1. The molecule has 0 heterocycles. The Morgan fingerprint density at radius 1 is 1.50 bits per heavy atom. The number of para-hydroxylation sites is 1. The highest BCUT2D eigenvalue weighted by atomic mass is 16.5. The number of hydrogen-bond donors (Lipinski definition) is 3. The minimum atomic E-state index is -1.01. The zero-order valence-electron chi connectivity index (χ0n) is 11.1. The third-order valence-corrected chi connectivity index (χ3v) is 2.46. The van der Waals surface area contributed by atoms with Crippen LogP contribution in [0.2, 0.25) is 0 Å². The summed E-state index contributed by atoms with van der Waals surface area (Å²) in [7, 11) is 1.42. The number of hydrogen-bond acceptors (Lipinski definition) is 4. The normalized spacial score (nSPS) is 11.1. The molecule has 20 heavy (non-hydrogen) atoms. The number of ether oxygens (including phenoxy) is 1. The molecule has 1 aromatic rings. The van der Waals surface area contributed by atoms with E-state index in [1.165, 1.54) is 7.11 Å². The van der Waals surface area contributed by atoms with Crippen molar-refractivity contribution in [2.75, 3.05) is 12.4 Å². The molecule has 0 fully saturated rings. The van der Waals surface area contributed by atoms with Crippen LogP contribution in [-0.4, -0.2) is 30.3 Å². The smallest absolute Gasteiger partial charge is 0.319 e. The van der Waals surface area contributed by atoms with Gasteiger partial charge >= 0.3 is 12.0 Å². The quantitative estimate of drug-likeness (QED) is 0.756. The number of nitrogens with zero attached hydrogens (tertiary/aromatic N) is 1. The summed E-state index contributed by atoms with van der Waals surface area (Å²) in [6, 6.07) is 5.59. The maximum atomic E-state index is 11.8. The Kier molecular flexibility index (Phi) is 5.35. The zero-order valence-corrected chi connectivity index (χ0v) is 11.1. The highest BCUT2D eigenvalue weighted by Gasteiger charge is 2.15. The molecule has 0 saturated carbocycles. The van der Waals surface area contributed by atoms with Crippen LogP contribution in [0.3, 0.4) is 0 Å². The predicted octanol–water partition coefficient (Wildman–Crippen LogP) is 1.55. The van der Waals surface area contributed by atoms with Crippen LogP contribution < -0.4 is 15.4 Å². The molecule has 7 heteroatoms. The molecule has 1 unspecified atom stereocenters. The Hall–Kier alpha value is -2.75. The predicted molar refractivity (Wildman–Crippen MR) is 71.6 cm³/mol. The molecule has 3 N–H and O–H groups in total. The van der Waals surface area contributed by atoms with Crippen molar-refractivity contribution in [3.05, 3.63) is 23.8 Å². The van der Waals surface area contributed by atoms with Crippen LogP contribution in [0.4, 0.5) is 10.5 Å². The number of methoxy groups -OCH3 is 1. The fraction of sp³-hybridized carbons (Fsp3) is 0.308. The molecule has 0 bridgehead atoms. The number of carbonyl (C=O) groups excluding carboxylic acids is 1. The lowest BCUT2D eigenvalue weighted by atomic mass is 10.2. The Morgan fingerprint density at radius 2 is 2.20 bits per heavy atom. The summed E-state index contributed by atoms with van der Waals surface area (Å²) in [6.45, 7) is 1.57. The van der Waals surface area contributed by atoms with Crippen molar-refractivity contribution in [1.29, 1.82) is 5.26 Å². The number of anilines is 1. The molecular weight excluding hydrogens is 262 g/mol. The number of nitrogens with one attached hydrogen (secondary N) is 2. The van der Waals surface area contributed by atoms with Gasteiger partial charge in [0.25, 0.3) is 0 Å². The van der Waals surface area contributed by atoms with Gasteiger partial charge in [-0.25, -0.2) is 4.79 Å². The van der Waals surface area contributed by atoms with Gasteiger partial charge in [0.05, 0.1) is 19.1 Å². The van der Waals surface area contributed by atoms with E-state index in [9.17, 15) is 9.59 Å². The van der Waals surface area contributed by atoms with Crippen molar-refractivity contribution < 1.29 is 19.4 Å². The number of urea groups is 1. The Bertz CT molecular complexity index is 551. The number of carboxylic acid groups (broad SMARTS) is 1. The van der Waals surface area contributed by atoms with Crippen LogP contribution in [0.1, 0.15) is 18.9 Å². The van der Waals surface area contributed by atoms with E-state index >= 15 is 0 Å². The van der Waals surface area contributed by atoms with Crippen molar-refractivity contribution in [3.63, 3.8) is 0 Å². The minimum Gasteiger partial charge on any atom is -0.495 e. The fourth-order valence-corrected chi connectivity index (χ4v) is 1.61. The van der Waals surface area contributed by atoms with E-state index in [1.807, 2.05) is 6.07 Å². The number of amides is 2. The Balaban J connectivity index is 2.80. The largest absolute Gasteiger partial charge is 0.495 e. The van der Waals surface area contributed by atoms with Crippen LogP contribution in [0.15, 0.2) is 18.2 Å². The van der Waals surface area contributed by atoms with Crippen LogP contribution in [0.25, 0.3) is 0 Å². The number of benzene rings is 1. The molecule has 0 aromatic heterocycles. The van der Waals surface area contributed by atoms with Crippen LogP contribution >= 0.6 is 0 Å². The lowest BCUT2D eigenvalue weighted by Gasteiger charge is -2.15. The van der Waals surface area contributed by atoms with Gasteiger partial charge in [0.15, 0.2) is 0 Å². The van der Waals surface area contributed by atoms with Crippen LogP contribution in [0, 0.1) is 11.3 Å². The number of carbonyl (C=O) groups is 2. The van der Waals surface area contributed by atoms with Crippen molar-refractivity contribution in [3.8, 4) is 11.8 Å². The van der Waals surface area contributed by atoms with Gasteiger partial charge in [-0.15, -0.1) is 0 Å². The van der Waals surface area contributed by atoms with Gasteiger partial charge in [-0.05, 0) is 19.1 Å². The molecule has 0 radical (unpaired) electrons. The second kappa shape index (κ2) is 6.99. The van der Waals surface area contributed by atoms with Gasteiger partial charge < -0.3 is 20.5 Å². The first-order valence-electron chi connectivity index (χ1n) is 5.84. The zero-order chi connectivity index (χ0) is 15.1. The standard InChI is InChI=1S/C13H15N3O4/c1-8(6-11(17)18)15-13(19)16-12-9(7-14)4-3-5-10(12)20-2/h3-5,8H,6H2,1-2H3,(H,17,18)(H2,15,16,19). The molecule has 106 valence electrons. The van der Waals surface area contributed by atoms with E-state index in [0.717, 1.165) is 0 Å². The second-order valence-corrected chi connectivity index (χ2v) is 4.09. The molecule has 1 aromatic carbocycles. The van der Waals surface area contributed by atoms with E-state index < -0.39 is 18.0 Å². The van der Waals surface area contributed by atoms with Crippen molar-refractivity contribution in [1.82, 2.24) is 5.32 Å². The summed E-state index contributed by atoms with van der Waals surface area (Å²) in [5.74, 6) is -0.655. The molecule has 0 aliphatic rings. The number of nitriles is 1. The van der Waals surface area contributed by atoms with E-state index in [-0.39, 0.29) is 17.7 Å². The van der Waals surface area contributed by atoms with Gasteiger partial charge in [0, 0.05) is 6.04 Å². The fourth-order valence-electron chi connectivity index (χ4n) is 1.61. The van der Waals surface area contributed by atoms with Crippen LogP contribution in [-0.2, 0) is 4.79 Å². The average molecular weight is 277 g/mol. The minimum absolute atomic E-state index is 0.190. The molecule has 0 aliphatic heterocycles. The number of rotatable bonds is 5. The molecule has 2 amide bonds. The molecule has 1 atom stereocenters. The first-order chi connectivity index (χ1) is 9.47. The van der Waals surface area contributed by atoms with Crippen molar-refractivity contribution in [2.24, 2.45) is 0 Å². The van der Waals surface area contributed by atoms with Gasteiger partial charge in [0.2, 0.25) is 0 Å². The maximum absolute atomic E-state index is 11.8. The highest BCUT2D eigenvalue weighted by Crippen LogP contribution is 2.27. The number of aliphatic carboxylic acids is 1. The van der Waals surface area contributed by atoms with E-state index in [1.54, 1.807) is 25.1 Å². The monoisotopic (exact) mass is 277 g/mol. The highest BCUT2D eigenvalue weighted by molar-refractivity contribution is 5.93. The van der Waals surface area contributed by atoms with E-state index in [2.05, 4.69) is 10.6 Å². The van der Waals surface area contributed by atoms with Crippen molar-refractivity contribution in [2.45, 2.75) is 19.4 Å². The van der Waals surface area contributed by atoms with E-state index in [0.29, 0.717) is 5.75 Å². The Labute approximate surface area is 116 Å². The SMILES string of the molecule is COc1cccc(C#N)c1NC(=O)NC(C)CC(=O)O. The summed E-state index contributed by atoms with van der Waals surface area (Å²) >= 11 is 0. The lowest BCUT2D eigenvalue weighted by molar-refractivity contribution is -0.137. The van der Waals surface area contributed by atoms with Crippen molar-refractivity contribution >= 4 is 17.7 Å². The van der Waals surface area contributed by atoms with E-state index in [4.69, 9.17) is 15.1 Å². The second-order valence-electron chi connectivity index (χ2n) is 4.09. The first-order valence-corrected chi connectivity index (χ1v) is 5.84. The summed E-state index contributed by atoms with van der Waals surface area (Å²) < 4.78 is 5.07. The topological polar surface area (TPSA) is 111 Å². The van der Waals surface area contributed by atoms with Gasteiger partial charge in [-0.2, -0.15) is 5.26 Å². The molecule has 0 spiro atoms. The summed E-state index contributed by atoms with van der Waals surface area (Å²) in [5.41, 5.74) is 0.503. The van der Waals surface area contributed by atoms with Gasteiger partial charge in [-0.1, -0.05) is 6.07 Å².